The second kappa shape index (κ2) is 3.97. The highest BCUT2D eigenvalue weighted by Gasteiger charge is 2.45. The summed E-state index contributed by atoms with van der Waals surface area (Å²) in [4.78, 5) is 0. The molecule has 3 nitrogen and oxygen atoms in total. The molecule has 2 rings (SSSR count). The molecule has 2 aliphatic rings. The van der Waals surface area contributed by atoms with Gasteiger partial charge in [-0.1, -0.05) is 0 Å². The quantitative estimate of drug-likeness (QED) is 0.720. The highest BCUT2D eigenvalue weighted by atomic mass is 35.5. The first-order chi connectivity index (χ1) is 6.68. The van der Waals surface area contributed by atoms with Gasteiger partial charge in [0.2, 0.25) is 0 Å². The summed E-state index contributed by atoms with van der Waals surface area (Å²) in [5.41, 5.74) is -0.581. The van der Waals surface area contributed by atoms with E-state index < -0.39 is 5.60 Å². The molecule has 1 aliphatic heterocycles. The third-order valence-corrected chi connectivity index (χ3v) is 3.50. The molecule has 0 atom stereocenters. The fraction of sp³-hybridized carbons (Fsp3) is 1.00. The van der Waals surface area contributed by atoms with Crippen molar-refractivity contribution in [1.82, 2.24) is 0 Å². The molecule has 82 valence electrons. The first kappa shape index (κ1) is 10.7. The first-order valence-corrected chi connectivity index (χ1v) is 5.78. The molecular formula is C10H17ClO3. The Morgan fingerprint density at radius 3 is 2.14 bits per heavy atom. The van der Waals surface area contributed by atoms with Gasteiger partial charge in [0.1, 0.15) is 0 Å². The molecule has 2 fully saturated rings. The maximum Gasteiger partial charge on any atom is 0.168 e. The van der Waals surface area contributed by atoms with E-state index in [1.807, 2.05) is 0 Å². The summed E-state index contributed by atoms with van der Waals surface area (Å²) in [5.74, 6) is 0.143. The van der Waals surface area contributed by atoms with Gasteiger partial charge in [0, 0.05) is 18.7 Å². The topological polar surface area (TPSA) is 38.7 Å². The van der Waals surface area contributed by atoms with Crippen LogP contribution in [0.1, 0.15) is 32.1 Å². The smallest absolute Gasteiger partial charge is 0.168 e. The monoisotopic (exact) mass is 220 g/mol. The Balaban J connectivity index is 1.90. The predicted molar refractivity (Wildman–Crippen MR) is 53.4 cm³/mol. The zero-order valence-electron chi connectivity index (χ0n) is 8.30. The van der Waals surface area contributed by atoms with Gasteiger partial charge in [0.25, 0.3) is 0 Å². The van der Waals surface area contributed by atoms with E-state index in [2.05, 4.69) is 0 Å². The minimum absolute atomic E-state index is 0.376. The van der Waals surface area contributed by atoms with Crippen molar-refractivity contribution in [2.45, 2.75) is 43.5 Å². The standard InChI is InChI=1S/C10H17ClO3/c11-6-5-9(12)1-3-10(4-2-9)13-7-8-14-10/h12H,1-8H2. The molecule has 0 radical (unpaired) electrons. The molecule has 14 heavy (non-hydrogen) atoms. The van der Waals surface area contributed by atoms with Crippen molar-refractivity contribution in [1.29, 1.82) is 0 Å². The van der Waals surface area contributed by atoms with E-state index in [9.17, 15) is 5.11 Å². The molecule has 1 heterocycles. The molecule has 1 saturated heterocycles. The number of hydrogen-bond donors (Lipinski definition) is 1. The van der Waals surface area contributed by atoms with Crippen LogP contribution in [0.15, 0.2) is 0 Å². The predicted octanol–water partition coefficient (Wildman–Crippen LogP) is 1.66. The normalized spacial score (nSPS) is 29.6. The molecule has 0 aromatic heterocycles. The Bertz CT molecular complexity index is 192. The molecule has 4 heteroatoms. The molecule has 0 aromatic rings. The summed E-state index contributed by atoms with van der Waals surface area (Å²) in [6.45, 7) is 1.38. The van der Waals surface area contributed by atoms with Crippen molar-refractivity contribution in [3.8, 4) is 0 Å². The molecule has 1 aliphatic carbocycles. The number of ether oxygens (including phenoxy) is 2. The van der Waals surface area contributed by atoms with E-state index in [0.29, 0.717) is 25.5 Å². The lowest BCUT2D eigenvalue weighted by Gasteiger charge is -2.40. The number of hydrogen-bond acceptors (Lipinski definition) is 3. The number of aliphatic hydroxyl groups is 1. The largest absolute Gasteiger partial charge is 0.390 e. The van der Waals surface area contributed by atoms with E-state index in [1.165, 1.54) is 0 Å². The average Bonchev–Trinajstić information content (AvgIpc) is 2.61. The minimum Gasteiger partial charge on any atom is -0.390 e. The number of alkyl halides is 1. The van der Waals surface area contributed by atoms with Gasteiger partial charge < -0.3 is 14.6 Å². The van der Waals surface area contributed by atoms with Crippen LogP contribution in [0.4, 0.5) is 0 Å². The van der Waals surface area contributed by atoms with E-state index in [4.69, 9.17) is 21.1 Å². The fourth-order valence-corrected chi connectivity index (χ4v) is 2.66. The van der Waals surface area contributed by atoms with E-state index in [1.54, 1.807) is 0 Å². The Morgan fingerprint density at radius 2 is 1.64 bits per heavy atom. The van der Waals surface area contributed by atoms with Gasteiger partial charge in [0.15, 0.2) is 5.79 Å². The van der Waals surface area contributed by atoms with Crippen LogP contribution >= 0.6 is 11.6 Å². The molecule has 1 N–H and O–H groups in total. The lowest BCUT2D eigenvalue weighted by Crippen LogP contribution is -2.43. The van der Waals surface area contributed by atoms with Crippen molar-refractivity contribution in [2.24, 2.45) is 0 Å². The minimum atomic E-state index is -0.581. The van der Waals surface area contributed by atoms with Crippen LogP contribution in [-0.2, 0) is 9.47 Å². The molecule has 0 amide bonds. The third kappa shape index (κ3) is 2.06. The summed E-state index contributed by atoms with van der Waals surface area (Å²) in [6.07, 6.45) is 3.73. The van der Waals surface area contributed by atoms with Crippen molar-refractivity contribution < 1.29 is 14.6 Å². The Hall–Kier alpha value is 0.170. The van der Waals surface area contributed by atoms with E-state index in [-0.39, 0.29) is 5.79 Å². The van der Waals surface area contributed by atoms with Crippen molar-refractivity contribution in [3.63, 3.8) is 0 Å². The van der Waals surface area contributed by atoms with Crippen molar-refractivity contribution in [3.05, 3.63) is 0 Å². The van der Waals surface area contributed by atoms with Gasteiger partial charge in [-0.15, -0.1) is 11.6 Å². The van der Waals surface area contributed by atoms with Gasteiger partial charge in [-0.25, -0.2) is 0 Å². The van der Waals surface area contributed by atoms with Gasteiger partial charge in [-0.05, 0) is 19.3 Å². The van der Waals surface area contributed by atoms with Crippen LogP contribution in [0.5, 0.6) is 0 Å². The highest BCUT2D eigenvalue weighted by molar-refractivity contribution is 6.17. The summed E-state index contributed by atoms with van der Waals surface area (Å²) in [7, 11) is 0. The van der Waals surface area contributed by atoms with Crippen LogP contribution in [0.2, 0.25) is 0 Å². The van der Waals surface area contributed by atoms with Crippen LogP contribution in [0.3, 0.4) is 0 Å². The number of rotatable bonds is 2. The van der Waals surface area contributed by atoms with E-state index >= 15 is 0 Å². The Labute approximate surface area is 89.3 Å². The van der Waals surface area contributed by atoms with Crippen molar-refractivity contribution in [2.75, 3.05) is 19.1 Å². The van der Waals surface area contributed by atoms with Crippen molar-refractivity contribution >= 4 is 11.6 Å². The van der Waals surface area contributed by atoms with Gasteiger partial charge in [-0.3, -0.25) is 0 Å². The summed E-state index contributed by atoms with van der Waals surface area (Å²) >= 11 is 5.65. The average molecular weight is 221 g/mol. The first-order valence-electron chi connectivity index (χ1n) is 5.24. The molecule has 0 bridgehead atoms. The van der Waals surface area contributed by atoms with Crippen LogP contribution in [-0.4, -0.2) is 35.6 Å². The SMILES string of the molecule is OC1(CCCl)CCC2(CC1)OCCO2. The van der Waals surface area contributed by atoms with Crippen LogP contribution < -0.4 is 0 Å². The van der Waals surface area contributed by atoms with Crippen LogP contribution in [0, 0.1) is 0 Å². The zero-order valence-corrected chi connectivity index (χ0v) is 9.05. The summed E-state index contributed by atoms with van der Waals surface area (Å²) in [6, 6.07) is 0. The zero-order chi connectivity index (χ0) is 10.1. The van der Waals surface area contributed by atoms with E-state index in [0.717, 1.165) is 25.7 Å². The molecule has 1 saturated carbocycles. The second-order valence-electron chi connectivity index (χ2n) is 4.27. The molecular weight excluding hydrogens is 204 g/mol. The Morgan fingerprint density at radius 1 is 1.07 bits per heavy atom. The van der Waals surface area contributed by atoms with Crippen LogP contribution in [0.25, 0.3) is 0 Å². The van der Waals surface area contributed by atoms with Gasteiger partial charge >= 0.3 is 0 Å². The number of halogens is 1. The van der Waals surface area contributed by atoms with Gasteiger partial charge in [0.05, 0.1) is 18.8 Å². The molecule has 0 unspecified atom stereocenters. The summed E-state index contributed by atoms with van der Waals surface area (Å²) in [5, 5.41) is 10.1. The molecule has 1 spiro atoms. The van der Waals surface area contributed by atoms with Gasteiger partial charge in [-0.2, -0.15) is 0 Å². The fourth-order valence-electron chi connectivity index (χ4n) is 2.31. The highest BCUT2D eigenvalue weighted by Crippen LogP contribution is 2.41. The maximum absolute atomic E-state index is 10.1. The summed E-state index contributed by atoms with van der Waals surface area (Å²) < 4.78 is 11.2. The Kier molecular flexibility index (Phi) is 3.03. The second-order valence-corrected chi connectivity index (χ2v) is 4.65. The lowest BCUT2D eigenvalue weighted by atomic mass is 9.80. The third-order valence-electron chi connectivity index (χ3n) is 3.32. The lowest BCUT2D eigenvalue weighted by molar-refractivity contribution is -0.202. The molecule has 0 aromatic carbocycles. The maximum atomic E-state index is 10.1.